The van der Waals surface area contributed by atoms with Crippen molar-refractivity contribution >= 4 is 16.9 Å². The largest absolute Gasteiger partial charge is 0.508 e. The second kappa shape index (κ2) is 6.86. The summed E-state index contributed by atoms with van der Waals surface area (Å²) in [5.41, 5.74) is 2.34. The van der Waals surface area contributed by atoms with Gasteiger partial charge in [0, 0.05) is 29.6 Å². The molecule has 1 aromatic carbocycles. The average Bonchev–Trinajstić information content (AvgIpc) is 3.59. The first kappa shape index (κ1) is 20.3. The number of carbonyl (C=O) groups is 1. The summed E-state index contributed by atoms with van der Waals surface area (Å²) < 4.78 is 6.80. The van der Waals surface area contributed by atoms with Crippen LogP contribution >= 0.6 is 0 Å². The molecule has 9 heteroatoms. The molecular weight excluding hydrogens is 424 g/mol. The fourth-order valence-electron chi connectivity index (χ4n) is 5.05. The van der Waals surface area contributed by atoms with Gasteiger partial charge in [-0.25, -0.2) is 9.78 Å². The number of aromatic hydroxyl groups is 1. The van der Waals surface area contributed by atoms with Crippen LogP contribution in [0, 0.1) is 0 Å². The zero-order valence-corrected chi connectivity index (χ0v) is 18.4. The van der Waals surface area contributed by atoms with Crippen LogP contribution in [0.4, 0.5) is 0 Å². The van der Waals surface area contributed by atoms with Gasteiger partial charge in [-0.1, -0.05) is 6.92 Å². The molecule has 3 N–H and O–H groups in total. The number of phenols is 1. The summed E-state index contributed by atoms with van der Waals surface area (Å²) in [6.45, 7) is 3.40. The molecule has 170 valence electrons. The Hall–Kier alpha value is -3.27. The van der Waals surface area contributed by atoms with E-state index in [0.29, 0.717) is 47.3 Å². The number of cyclic esters (lactones) is 1. The van der Waals surface area contributed by atoms with E-state index in [1.165, 1.54) is 0 Å². The minimum Gasteiger partial charge on any atom is -0.508 e. The molecule has 1 unspecified atom stereocenters. The summed E-state index contributed by atoms with van der Waals surface area (Å²) in [7, 11) is 2.03. The van der Waals surface area contributed by atoms with Gasteiger partial charge < -0.3 is 19.5 Å². The lowest BCUT2D eigenvalue weighted by Gasteiger charge is -2.31. The number of pyridine rings is 2. The third-order valence-electron chi connectivity index (χ3n) is 7.12. The van der Waals surface area contributed by atoms with Gasteiger partial charge in [0.15, 0.2) is 5.60 Å². The Morgan fingerprint density at radius 1 is 1.30 bits per heavy atom. The smallest absolute Gasteiger partial charge is 0.343 e. The first-order valence-corrected chi connectivity index (χ1v) is 11.1. The summed E-state index contributed by atoms with van der Waals surface area (Å²) in [5, 5.41) is 25.4. The molecule has 9 nitrogen and oxygen atoms in total. The molecule has 3 aliphatic rings. The quantitative estimate of drug-likeness (QED) is 0.313. The van der Waals surface area contributed by atoms with Crippen molar-refractivity contribution in [2.24, 2.45) is 0 Å². The van der Waals surface area contributed by atoms with E-state index in [-0.39, 0.29) is 24.3 Å². The molecule has 0 radical (unpaired) electrons. The van der Waals surface area contributed by atoms with Crippen LogP contribution in [0.15, 0.2) is 29.1 Å². The number of carbonyl (C=O) groups excluding carboxylic acids is 1. The normalized spacial score (nSPS) is 22.8. The molecule has 3 aliphatic heterocycles. The van der Waals surface area contributed by atoms with Gasteiger partial charge in [0.1, 0.15) is 12.4 Å². The maximum absolute atomic E-state index is 13.5. The highest BCUT2D eigenvalue weighted by Crippen LogP contribution is 2.41. The van der Waals surface area contributed by atoms with Crippen molar-refractivity contribution in [3.05, 3.63) is 56.9 Å². The van der Waals surface area contributed by atoms with Gasteiger partial charge in [0.2, 0.25) is 0 Å². The van der Waals surface area contributed by atoms with Crippen LogP contribution in [0.25, 0.3) is 22.3 Å². The van der Waals surface area contributed by atoms with Gasteiger partial charge in [-0.3, -0.25) is 15.0 Å². The Bertz CT molecular complexity index is 1410. The predicted octanol–water partition coefficient (Wildman–Crippen LogP) is 1.15. The van der Waals surface area contributed by atoms with Gasteiger partial charge in [-0.2, -0.15) is 0 Å². The Balaban J connectivity index is 1.60. The first-order valence-electron chi connectivity index (χ1n) is 11.1. The van der Waals surface area contributed by atoms with Crippen LogP contribution in [0.5, 0.6) is 5.75 Å². The van der Waals surface area contributed by atoms with E-state index in [2.05, 4.69) is 10.2 Å². The summed E-state index contributed by atoms with van der Waals surface area (Å²) >= 11 is 0. The summed E-state index contributed by atoms with van der Waals surface area (Å²) in [4.78, 5) is 32.9. The van der Waals surface area contributed by atoms with Crippen molar-refractivity contribution < 1.29 is 19.7 Å². The van der Waals surface area contributed by atoms with Gasteiger partial charge in [-0.15, -0.1) is 0 Å². The molecule has 0 bridgehead atoms. The van der Waals surface area contributed by atoms with Gasteiger partial charge >= 0.3 is 5.97 Å². The molecule has 2 atom stereocenters. The number of hydrogen-bond acceptors (Lipinski definition) is 8. The highest BCUT2D eigenvalue weighted by atomic mass is 16.6. The number of rotatable bonds is 4. The van der Waals surface area contributed by atoms with Gasteiger partial charge in [0.05, 0.1) is 35.2 Å². The molecule has 6 rings (SSSR count). The SMILES string of the molecule is CC[C@@]1(O)C(=O)OCc2c1cc1n(c2=O)Cc2c-1nc1ccc(O)cc1c2CN(C)C1CN1. The number of esters is 1. The third-order valence-corrected chi connectivity index (χ3v) is 7.12. The number of likely N-dealkylation sites (N-methyl/N-ethyl adjacent to an activating group) is 1. The number of nitrogens with one attached hydrogen (secondary N) is 1. The minimum atomic E-state index is -1.85. The molecule has 0 aliphatic carbocycles. The van der Waals surface area contributed by atoms with Gasteiger partial charge in [0.25, 0.3) is 5.56 Å². The van der Waals surface area contributed by atoms with E-state index in [1.54, 1.807) is 35.8 Å². The molecule has 0 spiro atoms. The van der Waals surface area contributed by atoms with E-state index in [1.807, 2.05) is 7.05 Å². The molecule has 0 saturated carbocycles. The van der Waals surface area contributed by atoms with Crippen LogP contribution in [-0.2, 0) is 34.8 Å². The Morgan fingerprint density at radius 2 is 2.09 bits per heavy atom. The lowest BCUT2D eigenvalue weighted by molar-refractivity contribution is -0.172. The lowest BCUT2D eigenvalue weighted by atomic mass is 9.86. The number of phenolic OH excluding ortho intramolecular Hbond substituents is 1. The molecule has 0 amide bonds. The van der Waals surface area contributed by atoms with E-state index in [9.17, 15) is 19.8 Å². The van der Waals surface area contributed by atoms with E-state index in [4.69, 9.17) is 9.72 Å². The van der Waals surface area contributed by atoms with Crippen LogP contribution < -0.4 is 10.9 Å². The number of aromatic nitrogens is 2. The number of fused-ring (bicyclic) bond motifs is 5. The number of hydrogen-bond donors (Lipinski definition) is 3. The maximum atomic E-state index is 13.5. The molecule has 2 aromatic heterocycles. The maximum Gasteiger partial charge on any atom is 0.343 e. The summed E-state index contributed by atoms with van der Waals surface area (Å²) in [6.07, 6.45) is 0.395. The second-order valence-electron chi connectivity index (χ2n) is 9.06. The zero-order valence-electron chi connectivity index (χ0n) is 18.4. The van der Waals surface area contributed by atoms with Crippen LogP contribution in [0.3, 0.4) is 0 Å². The summed E-state index contributed by atoms with van der Waals surface area (Å²) in [6, 6.07) is 6.80. The highest BCUT2D eigenvalue weighted by Gasteiger charge is 2.45. The molecule has 3 aromatic rings. The van der Waals surface area contributed by atoms with Crippen LogP contribution in [0.1, 0.15) is 35.6 Å². The van der Waals surface area contributed by atoms with E-state index >= 15 is 0 Å². The van der Waals surface area contributed by atoms with E-state index < -0.39 is 11.6 Å². The fraction of sp³-hybridized carbons (Fsp3) is 0.375. The Kier molecular flexibility index (Phi) is 4.23. The lowest BCUT2D eigenvalue weighted by Crippen LogP contribution is -2.44. The monoisotopic (exact) mass is 448 g/mol. The number of aliphatic hydroxyl groups is 1. The molecule has 5 heterocycles. The second-order valence-corrected chi connectivity index (χ2v) is 9.06. The van der Waals surface area contributed by atoms with Crippen molar-refractivity contribution in [3.8, 4) is 17.1 Å². The molecule has 1 fully saturated rings. The van der Waals surface area contributed by atoms with Crippen LogP contribution in [0.2, 0.25) is 0 Å². The average molecular weight is 448 g/mol. The van der Waals surface area contributed by atoms with E-state index in [0.717, 1.165) is 23.1 Å². The number of benzene rings is 1. The van der Waals surface area contributed by atoms with Crippen molar-refractivity contribution in [3.63, 3.8) is 0 Å². The van der Waals surface area contributed by atoms with Crippen molar-refractivity contribution in [1.82, 2.24) is 19.8 Å². The molecular formula is C24H24N4O5. The van der Waals surface area contributed by atoms with Crippen molar-refractivity contribution in [2.45, 2.75) is 44.8 Å². The number of ether oxygens (including phenoxy) is 1. The third kappa shape index (κ3) is 2.86. The number of nitrogens with zero attached hydrogens (tertiary/aromatic N) is 3. The minimum absolute atomic E-state index is 0.101. The Labute approximate surface area is 189 Å². The standard InChI is InChI=1S/C24H24N4O5/c1-3-24(32)17-7-19-21-15(10-28(19)22(30)16(17)11-33-23(24)31)14(9-27(2)20-8-25-20)13-6-12(29)4-5-18(13)26-21/h4-7,20,25,29,32H,3,8-11H2,1-2H3/t20?,24-/m0/s1. The Morgan fingerprint density at radius 3 is 2.82 bits per heavy atom. The van der Waals surface area contributed by atoms with Crippen LogP contribution in [-0.4, -0.2) is 50.4 Å². The zero-order chi connectivity index (χ0) is 23.1. The summed E-state index contributed by atoms with van der Waals surface area (Å²) in [5.74, 6) is -0.578. The molecule has 1 saturated heterocycles. The highest BCUT2D eigenvalue weighted by molar-refractivity contribution is 5.89. The first-order chi connectivity index (χ1) is 15.8. The van der Waals surface area contributed by atoms with Crippen molar-refractivity contribution in [1.29, 1.82) is 0 Å². The van der Waals surface area contributed by atoms with Gasteiger partial charge in [-0.05, 0) is 43.3 Å². The topological polar surface area (TPSA) is 127 Å². The predicted molar refractivity (Wildman–Crippen MR) is 119 cm³/mol. The fourth-order valence-corrected chi connectivity index (χ4v) is 5.05. The molecule has 33 heavy (non-hydrogen) atoms. The van der Waals surface area contributed by atoms with Crippen molar-refractivity contribution in [2.75, 3.05) is 13.6 Å².